The van der Waals surface area contributed by atoms with Gasteiger partial charge < -0.3 is 5.32 Å². The molecule has 1 fully saturated rings. The van der Waals surface area contributed by atoms with Gasteiger partial charge in [0, 0.05) is 18.2 Å². The summed E-state index contributed by atoms with van der Waals surface area (Å²) in [6.07, 6.45) is 0. The third-order valence-corrected chi connectivity index (χ3v) is 5.26. The van der Waals surface area contributed by atoms with Crippen molar-refractivity contribution in [1.82, 2.24) is 10.2 Å². The van der Waals surface area contributed by atoms with Crippen LogP contribution in [-0.4, -0.2) is 40.2 Å². The first-order chi connectivity index (χ1) is 14.8. The first-order valence-corrected chi connectivity index (χ1v) is 9.87. The number of para-hydroxylation sites is 1. The highest BCUT2D eigenvalue weighted by Crippen LogP contribution is 2.40. The van der Waals surface area contributed by atoms with Gasteiger partial charge in [-0.2, -0.15) is 0 Å². The van der Waals surface area contributed by atoms with Crippen LogP contribution in [0.15, 0.2) is 54.2 Å². The first-order valence-electron chi connectivity index (χ1n) is 9.46. The molecule has 0 unspecified atom stereocenters. The Balaban J connectivity index is 1.70. The Morgan fingerprint density at radius 1 is 1.06 bits per heavy atom. The maximum atomic E-state index is 13.3. The fraction of sp³-hybridized carbons (Fsp3) is 0.136. The highest BCUT2D eigenvalue weighted by Gasteiger charge is 2.43. The second-order valence-electron chi connectivity index (χ2n) is 7.16. The van der Waals surface area contributed by atoms with E-state index < -0.39 is 23.6 Å². The quantitative estimate of drug-likeness (QED) is 0.568. The summed E-state index contributed by atoms with van der Waals surface area (Å²) in [5, 5.41) is 5.09. The molecule has 0 aromatic heterocycles. The first kappa shape index (κ1) is 20.4. The molecule has 0 radical (unpaired) electrons. The Labute approximate surface area is 183 Å². The van der Waals surface area contributed by atoms with E-state index in [-0.39, 0.29) is 22.9 Å². The number of nitrogens with one attached hydrogen (secondary N) is 2. The molecule has 9 heteroatoms. The molecule has 1 saturated heterocycles. The molecule has 2 aromatic carbocycles. The molecule has 2 aromatic rings. The van der Waals surface area contributed by atoms with Gasteiger partial charge in [-0.25, -0.2) is 0 Å². The zero-order chi connectivity index (χ0) is 22.3. The number of nitrogens with zero attached hydrogens (tertiary/aromatic N) is 2. The summed E-state index contributed by atoms with van der Waals surface area (Å²) >= 11 is 5.07. The number of fused-ring (bicyclic) bond motifs is 1. The number of rotatable bonds is 3. The minimum Gasteiger partial charge on any atom is -0.325 e. The number of benzene rings is 2. The Morgan fingerprint density at radius 2 is 1.74 bits per heavy atom. The Morgan fingerprint density at radius 3 is 2.42 bits per heavy atom. The second-order valence-corrected chi connectivity index (χ2v) is 7.55. The van der Waals surface area contributed by atoms with Crippen LogP contribution < -0.4 is 15.5 Å². The summed E-state index contributed by atoms with van der Waals surface area (Å²) in [5.74, 6) is -2.08. The SMILES string of the molecule is CC(=O)N1C(=S)NC(=O)C1=C1C(=O)N(CC(=O)Nc2ccc(C)cc2)c2ccccc21. The van der Waals surface area contributed by atoms with Gasteiger partial charge in [0.2, 0.25) is 11.8 Å². The number of carbonyl (C=O) groups is 4. The van der Waals surface area contributed by atoms with Crippen molar-refractivity contribution in [3.8, 4) is 0 Å². The lowest BCUT2D eigenvalue weighted by Crippen LogP contribution is -2.36. The zero-order valence-corrected chi connectivity index (χ0v) is 17.6. The van der Waals surface area contributed by atoms with E-state index in [0.717, 1.165) is 10.5 Å². The van der Waals surface area contributed by atoms with E-state index in [9.17, 15) is 19.2 Å². The highest BCUT2D eigenvalue weighted by atomic mass is 32.1. The van der Waals surface area contributed by atoms with Crippen molar-refractivity contribution in [1.29, 1.82) is 0 Å². The smallest absolute Gasteiger partial charge is 0.275 e. The minimum atomic E-state index is -0.635. The molecule has 2 heterocycles. The normalized spacial score (nSPS) is 17.7. The molecular formula is C22H18N4O4S. The van der Waals surface area contributed by atoms with Gasteiger partial charge in [0.25, 0.3) is 11.8 Å². The number of thiocarbonyl (C=S) groups is 1. The van der Waals surface area contributed by atoms with Gasteiger partial charge in [0.1, 0.15) is 12.2 Å². The highest BCUT2D eigenvalue weighted by molar-refractivity contribution is 7.80. The van der Waals surface area contributed by atoms with E-state index in [2.05, 4.69) is 10.6 Å². The van der Waals surface area contributed by atoms with Gasteiger partial charge in [-0.1, -0.05) is 35.9 Å². The summed E-state index contributed by atoms with van der Waals surface area (Å²) in [5.41, 5.74) is 2.50. The summed E-state index contributed by atoms with van der Waals surface area (Å²) in [4.78, 5) is 52.9. The standard InChI is InChI=1S/C22H18N4O4S/c1-12-7-9-14(10-8-12)23-17(28)11-25-16-6-4-3-5-15(16)18(21(25)30)19-20(29)24-22(31)26(19)13(2)27/h3-10H,11H2,1-2H3,(H,23,28)(H,24,29,31). The molecule has 0 saturated carbocycles. The van der Waals surface area contributed by atoms with Gasteiger partial charge in [0.05, 0.1) is 11.3 Å². The number of hydrogen-bond donors (Lipinski definition) is 2. The van der Waals surface area contributed by atoms with Gasteiger partial charge in [-0.3, -0.25) is 34.3 Å². The molecule has 31 heavy (non-hydrogen) atoms. The van der Waals surface area contributed by atoms with Crippen LogP contribution in [0.1, 0.15) is 18.1 Å². The number of carbonyl (C=O) groups excluding carboxylic acids is 4. The average molecular weight is 434 g/mol. The van der Waals surface area contributed by atoms with Crippen LogP contribution in [0, 0.1) is 6.92 Å². The Kier molecular flexibility index (Phi) is 5.12. The van der Waals surface area contributed by atoms with Crippen LogP contribution in [0.2, 0.25) is 0 Å². The van der Waals surface area contributed by atoms with Crippen LogP contribution in [0.25, 0.3) is 5.57 Å². The average Bonchev–Trinajstić information content (AvgIpc) is 3.16. The lowest BCUT2D eigenvalue weighted by atomic mass is 10.0. The van der Waals surface area contributed by atoms with E-state index in [1.54, 1.807) is 36.4 Å². The molecule has 0 bridgehead atoms. The number of amides is 4. The van der Waals surface area contributed by atoms with Crippen molar-refractivity contribution in [2.24, 2.45) is 0 Å². The third-order valence-electron chi connectivity index (χ3n) is 4.97. The topological polar surface area (TPSA) is 98.8 Å². The van der Waals surface area contributed by atoms with Crippen LogP contribution in [-0.2, 0) is 19.2 Å². The second kappa shape index (κ2) is 7.77. The van der Waals surface area contributed by atoms with Gasteiger partial charge in [0.15, 0.2) is 5.11 Å². The van der Waals surface area contributed by atoms with E-state index in [4.69, 9.17) is 12.2 Å². The van der Waals surface area contributed by atoms with Gasteiger partial charge >= 0.3 is 0 Å². The molecule has 4 rings (SSSR count). The molecule has 156 valence electrons. The van der Waals surface area contributed by atoms with E-state index >= 15 is 0 Å². The monoisotopic (exact) mass is 434 g/mol. The van der Waals surface area contributed by atoms with Crippen molar-refractivity contribution < 1.29 is 19.2 Å². The molecule has 0 aliphatic carbocycles. The van der Waals surface area contributed by atoms with Crippen LogP contribution in [0.4, 0.5) is 11.4 Å². The summed E-state index contributed by atoms with van der Waals surface area (Å²) in [6.45, 7) is 2.94. The zero-order valence-electron chi connectivity index (χ0n) is 16.8. The Hall–Kier alpha value is -3.85. The number of hydrogen-bond acceptors (Lipinski definition) is 5. The lowest BCUT2D eigenvalue weighted by Gasteiger charge is -2.17. The van der Waals surface area contributed by atoms with Crippen molar-refractivity contribution in [2.75, 3.05) is 16.8 Å². The van der Waals surface area contributed by atoms with Crippen molar-refractivity contribution in [3.63, 3.8) is 0 Å². The summed E-state index contributed by atoms with van der Waals surface area (Å²) in [7, 11) is 0. The fourth-order valence-electron chi connectivity index (χ4n) is 3.59. The van der Waals surface area contributed by atoms with Crippen molar-refractivity contribution in [3.05, 3.63) is 65.4 Å². The summed E-state index contributed by atoms with van der Waals surface area (Å²) in [6, 6.07) is 14.1. The third kappa shape index (κ3) is 3.59. The minimum absolute atomic E-state index is 0.0336. The van der Waals surface area contributed by atoms with E-state index in [1.165, 1.54) is 11.8 Å². The van der Waals surface area contributed by atoms with E-state index in [1.807, 2.05) is 19.1 Å². The van der Waals surface area contributed by atoms with Crippen molar-refractivity contribution in [2.45, 2.75) is 13.8 Å². The predicted molar refractivity (Wildman–Crippen MR) is 119 cm³/mol. The Bertz CT molecular complexity index is 1190. The maximum Gasteiger partial charge on any atom is 0.275 e. The fourth-order valence-corrected chi connectivity index (χ4v) is 3.90. The summed E-state index contributed by atoms with van der Waals surface area (Å²) < 4.78 is 0. The largest absolute Gasteiger partial charge is 0.325 e. The predicted octanol–water partition coefficient (Wildman–Crippen LogP) is 1.95. The van der Waals surface area contributed by atoms with Gasteiger partial charge in [-0.05, 0) is 37.3 Å². The molecule has 2 aliphatic heterocycles. The molecule has 0 spiro atoms. The molecule has 2 aliphatic rings. The maximum absolute atomic E-state index is 13.3. The molecule has 2 N–H and O–H groups in total. The molecular weight excluding hydrogens is 416 g/mol. The molecule has 8 nitrogen and oxygen atoms in total. The van der Waals surface area contributed by atoms with Crippen LogP contribution in [0.3, 0.4) is 0 Å². The number of aryl methyl sites for hydroxylation is 1. The molecule has 4 amide bonds. The molecule has 0 atom stereocenters. The lowest BCUT2D eigenvalue weighted by molar-refractivity contribution is -0.125. The van der Waals surface area contributed by atoms with Gasteiger partial charge in [-0.15, -0.1) is 0 Å². The van der Waals surface area contributed by atoms with Crippen molar-refractivity contribution >= 4 is 57.9 Å². The number of anilines is 2. The van der Waals surface area contributed by atoms with Crippen LogP contribution in [0.5, 0.6) is 0 Å². The van der Waals surface area contributed by atoms with Crippen LogP contribution >= 0.6 is 12.2 Å². The van der Waals surface area contributed by atoms with E-state index in [0.29, 0.717) is 16.9 Å².